The third kappa shape index (κ3) is 5.41. The fourth-order valence-corrected chi connectivity index (χ4v) is 2.56. The van der Waals surface area contributed by atoms with Crippen LogP contribution in [0, 0.1) is 13.8 Å². The van der Waals surface area contributed by atoms with Crippen LogP contribution in [-0.4, -0.2) is 31.4 Å². The van der Waals surface area contributed by atoms with Crippen molar-refractivity contribution in [3.05, 3.63) is 58.7 Å². The second-order valence-corrected chi connectivity index (χ2v) is 6.22. The van der Waals surface area contributed by atoms with E-state index in [4.69, 9.17) is 9.47 Å². The van der Waals surface area contributed by atoms with E-state index in [0.29, 0.717) is 22.6 Å². The van der Waals surface area contributed by atoms with Gasteiger partial charge in [0.2, 0.25) is 0 Å². The summed E-state index contributed by atoms with van der Waals surface area (Å²) in [7, 11) is 1.48. The first-order valence-electron chi connectivity index (χ1n) is 8.51. The van der Waals surface area contributed by atoms with Crippen LogP contribution in [0.5, 0.6) is 5.75 Å². The quantitative estimate of drug-likeness (QED) is 0.598. The normalized spacial score (nSPS) is 10.2. The Balaban J connectivity index is 1.96. The van der Waals surface area contributed by atoms with Crippen LogP contribution in [0.2, 0.25) is 0 Å². The van der Waals surface area contributed by atoms with Gasteiger partial charge in [-0.1, -0.05) is 12.1 Å². The van der Waals surface area contributed by atoms with E-state index in [1.54, 1.807) is 24.3 Å². The third-order valence-corrected chi connectivity index (χ3v) is 4.26. The van der Waals surface area contributed by atoms with Gasteiger partial charge in [-0.3, -0.25) is 14.4 Å². The average Bonchev–Trinajstić information content (AvgIpc) is 2.63. The van der Waals surface area contributed by atoms with Crippen molar-refractivity contribution in [2.75, 3.05) is 19.0 Å². The Labute approximate surface area is 158 Å². The fourth-order valence-electron chi connectivity index (χ4n) is 2.56. The number of methoxy groups -OCH3 is 1. The van der Waals surface area contributed by atoms with Gasteiger partial charge in [0.05, 0.1) is 13.5 Å². The molecule has 0 fully saturated rings. The third-order valence-electron chi connectivity index (χ3n) is 4.26. The number of aryl methyl sites for hydroxylation is 1. The summed E-state index contributed by atoms with van der Waals surface area (Å²) < 4.78 is 10.3. The van der Waals surface area contributed by atoms with E-state index in [2.05, 4.69) is 5.32 Å². The molecule has 0 aliphatic rings. The van der Waals surface area contributed by atoms with Crippen molar-refractivity contribution in [3.63, 3.8) is 0 Å². The van der Waals surface area contributed by atoms with Crippen LogP contribution in [0.3, 0.4) is 0 Å². The average molecular weight is 369 g/mol. The van der Waals surface area contributed by atoms with E-state index in [-0.39, 0.29) is 18.8 Å². The summed E-state index contributed by atoms with van der Waals surface area (Å²) in [5, 5.41) is 2.73. The molecular formula is C21H23NO5. The molecule has 0 spiro atoms. The number of hydrogen-bond acceptors (Lipinski definition) is 5. The maximum Gasteiger partial charge on any atom is 0.310 e. The number of hydrogen-bond donors (Lipinski definition) is 1. The number of nitrogens with one attached hydrogen (secondary N) is 1. The van der Waals surface area contributed by atoms with Gasteiger partial charge in [-0.2, -0.15) is 0 Å². The largest absolute Gasteiger partial charge is 0.496 e. The Morgan fingerprint density at radius 2 is 1.81 bits per heavy atom. The van der Waals surface area contributed by atoms with E-state index < -0.39 is 11.9 Å². The molecule has 0 aliphatic carbocycles. The second kappa shape index (κ2) is 8.98. The molecule has 27 heavy (non-hydrogen) atoms. The summed E-state index contributed by atoms with van der Waals surface area (Å²) in [4.78, 5) is 35.7. The Morgan fingerprint density at radius 3 is 2.48 bits per heavy atom. The van der Waals surface area contributed by atoms with Crippen LogP contribution in [0.25, 0.3) is 0 Å². The maximum absolute atomic E-state index is 12.1. The van der Waals surface area contributed by atoms with Crippen LogP contribution in [-0.2, 0) is 20.7 Å². The first-order valence-corrected chi connectivity index (χ1v) is 8.51. The minimum absolute atomic E-state index is 0.0962. The zero-order chi connectivity index (χ0) is 20.0. The molecule has 1 amide bonds. The fraction of sp³-hybridized carbons (Fsp3) is 0.286. The van der Waals surface area contributed by atoms with Crippen LogP contribution in [0.15, 0.2) is 36.4 Å². The highest BCUT2D eigenvalue weighted by Crippen LogP contribution is 2.21. The number of amides is 1. The van der Waals surface area contributed by atoms with Crippen molar-refractivity contribution in [3.8, 4) is 5.75 Å². The summed E-state index contributed by atoms with van der Waals surface area (Å²) >= 11 is 0. The molecule has 2 aromatic rings. The summed E-state index contributed by atoms with van der Waals surface area (Å²) in [6.45, 7) is 4.92. The van der Waals surface area contributed by atoms with Gasteiger partial charge in [0.15, 0.2) is 12.4 Å². The lowest BCUT2D eigenvalue weighted by atomic mass is 10.0. The van der Waals surface area contributed by atoms with Gasteiger partial charge in [0.1, 0.15) is 5.75 Å². The molecule has 0 bridgehead atoms. The monoisotopic (exact) mass is 369 g/mol. The molecule has 0 radical (unpaired) electrons. The van der Waals surface area contributed by atoms with Crippen molar-refractivity contribution >= 4 is 23.3 Å². The van der Waals surface area contributed by atoms with Gasteiger partial charge in [0.25, 0.3) is 5.91 Å². The smallest absolute Gasteiger partial charge is 0.310 e. The number of esters is 1. The standard InChI is InChI=1S/C21H23NO5/c1-13-6-5-7-18(14(13)2)22-20(24)12-27-21(25)11-17-10-16(15(3)23)8-9-19(17)26-4/h5-10H,11-12H2,1-4H3,(H,22,24). The lowest BCUT2D eigenvalue weighted by Crippen LogP contribution is -2.22. The predicted molar refractivity (Wildman–Crippen MR) is 102 cm³/mol. The van der Waals surface area contributed by atoms with Gasteiger partial charge >= 0.3 is 5.97 Å². The van der Waals surface area contributed by atoms with E-state index in [1.165, 1.54) is 14.0 Å². The first-order chi connectivity index (χ1) is 12.8. The van der Waals surface area contributed by atoms with E-state index in [0.717, 1.165) is 11.1 Å². The van der Waals surface area contributed by atoms with Gasteiger partial charge in [-0.15, -0.1) is 0 Å². The summed E-state index contributed by atoms with van der Waals surface area (Å²) in [5.74, 6) is -0.622. The number of rotatable bonds is 7. The number of Topliss-reactive ketones (excluding diaryl/α,β-unsaturated/α-hetero) is 1. The highest BCUT2D eigenvalue weighted by Gasteiger charge is 2.14. The van der Waals surface area contributed by atoms with Crippen LogP contribution >= 0.6 is 0 Å². The Bertz CT molecular complexity index is 873. The molecule has 0 unspecified atom stereocenters. The minimum Gasteiger partial charge on any atom is -0.496 e. The van der Waals surface area contributed by atoms with Crippen molar-refractivity contribution in [2.24, 2.45) is 0 Å². The molecule has 0 saturated carbocycles. The zero-order valence-electron chi connectivity index (χ0n) is 15.9. The van der Waals surface area contributed by atoms with Crippen LogP contribution < -0.4 is 10.1 Å². The molecule has 142 valence electrons. The number of ketones is 1. The Hall–Kier alpha value is -3.15. The predicted octanol–water partition coefficient (Wildman–Crippen LogP) is 3.24. The van der Waals surface area contributed by atoms with Crippen molar-refractivity contribution in [1.82, 2.24) is 0 Å². The summed E-state index contributed by atoms with van der Waals surface area (Å²) in [5.41, 5.74) is 3.72. The number of carbonyl (C=O) groups excluding carboxylic acids is 3. The number of carbonyl (C=O) groups is 3. The SMILES string of the molecule is COc1ccc(C(C)=O)cc1CC(=O)OCC(=O)Nc1cccc(C)c1C. The van der Waals surface area contributed by atoms with Gasteiger partial charge in [-0.05, 0) is 56.2 Å². The van der Waals surface area contributed by atoms with E-state index >= 15 is 0 Å². The number of anilines is 1. The lowest BCUT2D eigenvalue weighted by Gasteiger charge is -2.12. The maximum atomic E-state index is 12.1. The zero-order valence-corrected chi connectivity index (χ0v) is 15.9. The molecule has 2 rings (SSSR count). The first kappa shape index (κ1) is 20.2. The van der Waals surface area contributed by atoms with Crippen molar-refractivity contribution in [2.45, 2.75) is 27.2 Å². The van der Waals surface area contributed by atoms with Crippen LogP contribution in [0.1, 0.15) is 34.0 Å². The summed E-state index contributed by atoms with van der Waals surface area (Å²) in [6.07, 6.45) is -0.0962. The highest BCUT2D eigenvalue weighted by atomic mass is 16.5. The molecule has 1 N–H and O–H groups in total. The van der Waals surface area contributed by atoms with Crippen LogP contribution in [0.4, 0.5) is 5.69 Å². The second-order valence-electron chi connectivity index (χ2n) is 6.22. The Morgan fingerprint density at radius 1 is 1.07 bits per heavy atom. The minimum atomic E-state index is -0.579. The molecular weight excluding hydrogens is 346 g/mol. The van der Waals surface area contributed by atoms with Gasteiger partial charge < -0.3 is 14.8 Å². The van der Waals surface area contributed by atoms with E-state index in [1.807, 2.05) is 26.0 Å². The van der Waals surface area contributed by atoms with E-state index in [9.17, 15) is 14.4 Å². The molecule has 6 nitrogen and oxygen atoms in total. The highest BCUT2D eigenvalue weighted by molar-refractivity contribution is 5.95. The number of ether oxygens (including phenoxy) is 2. The van der Waals surface area contributed by atoms with Gasteiger partial charge in [0, 0.05) is 16.8 Å². The molecule has 0 atom stereocenters. The van der Waals surface area contributed by atoms with Gasteiger partial charge in [-0.25, -0.2) is 0 Å². The molecule has 0 aliphatic heterocycles. The molecule has 2 aromatic carbocycles. The Kier molecular flexibility index (Phi) is 6.71. The topological polar surface area (TPSA) is 81.7 Å². The molecule has 6 heteroatoms. The van der Waals surface area contributed by atoms with Crippen molar-refractivity contribution in [1.29, 1.82) is 0 Å². The molecule has 0 saturated heterocycles. The van der Waals surface area contributed by atoms with Crippen molar-refractivity contribution < 1.29 is 23.9 Å². The molecule has 0 heterocycles. The molecule has 0 aromatic heterocycles. The summed E-state index contributed by atoms with van der Waals surface area (Å²) in [6, 6.07) is 10.4. The lowest BCUT2D eigenvalue weighted by molar-refractivity contribution is -0.146. The number of benzene rings is 2.